The van der Waals surface area contributed by atoms with Crippen LogP contribution in [0.5, 0.6) is 0 Å². The van der Waals surface area contributed by atoms with Crippen LogP contribution in [0.25, 0.3) is 0 Å². The fourth-order valence-corrected chi connectivity index (χ4v) is 1.40. The highest BCUT2D eigenvalue weighted by atomic mass is 32.1. The SMILES string of the molecule is NC(=O)c1ccccc1N.c1ccsc1. The van der Waals surface area contributed by atoms with Crippen molar-refractivity contribution in [3.8, 4) is 0 Å². The summed E-state index contributed by atoms with van der Waals surface area (Å²) in [5.74, 6) is -0.488. The second-order valence-electron chi connectivity index (χ2n) is 2.74. The molecule has 0 aliphatic carbocycles. The molecular formula is C11H12N2OS. The second-order valence-corrected chi connectivity index (χ2v) is 3.56. The molecule has 15 heavy (non-hydrogen) atoms. The summed E-state index contributed by atoms with van der Waals surface area (Å²) >= 11 is 1.71. The van der Waals surface area contributed by atoms with Gasteiger partial charge in [-0.2, -0.15) is 11.3 Å². The molecular weight excluding hydrogens is 208 g/mol. The summed E-state index contributed by atoms with van der Waals surface area (Å²) in [4.78, 5) is 10.6. The molecule has 2 aromatic rings. The Kier molecular flexibility index (Phi) is 4.37. The number of hydrogen-bond acceptors (Lipinski definition) is 3. The molecule has 0 spiro atoms. The number of hydrogen-bond donors (Lipinski definition) is 2. The molecule has 0 saturated heterocycles. The third kappa shape index (κ3) is 3.83. The van der Waals surface area contributed by atoms with Gasteiger partial charge in [0.05, 0.1) is 5.56 Å². The van der Waals surface area contributed by atoms with E-state index in [9.17, 15) is 4.79 Å². The quantitative estimate of drug-likeness (QED) is 0.723. The third-order valence-corrected chi connectivity index (χ3v) is 2.28. The van der Waals surface area contributed by atoms with Gasteiger partial charge in [0.2, 0.25) is 0 Å². The molecule has 1 amide bonds. The highest BCUT2D eigenvalue weighted by Crippen LogP contribution is 2.08. The Morgan fingerprint density at radius 3 is 2.00 bits per heavy atom. The number of para-hydroxylation sites is 1. The van der Waals surface area contributed by atoms with E-state index >= 15 is 0 Å². The summed E-state index contributed by atoms with van der Waals surface area (Å²) in [6.45, 7) is 0. The number of anilines is 1. The molecule has 2 rings (SSSR count). The summed E-state index contributed by atoms with van der Waals surface area (Å²) in [7, 11) is 0. The van der Waals surface area contributed by atoms with Gasteiger partial charge in [0.15, 0.2) is 0 Å². The molecule has 0 bridgehead atoms. The van der Waals surface area contributed by atoms with E-state index in [0.29, 0.717) is 11.3 Å². The smallest absolute Gasteiger partial charge is 0.250 e. The monoisotopic (exact) mass is 220 g/mol. The number of nitrogen functional groups attached to an aromatic ring is 1. The van der Waals surface area contributed by atoms with Crippen molar-refractivity contribution < 1.29 is 4.79 Å². The van der Waals surface area contributed by atoms with Crippen LogP contribution < -0.4 is 11.5 Å². The van der Waals surface area contributed by atoms with Crippen molar-refractivity contribution in [3.05, 3.63) is 52.7 Å². The Labute approximate surface area is 92.3 Å². The number of thiophene rings is 1. The Hall–Kier alpha value is -1.81. The summed E-state index contributed by atoms with van der Waals surface area (Å²) in [5, 5.41) is 4.08. The number of rotatable bonds is 1. The van der Waals surface area contributed by atoms with E-state index < -0.39 is 5.91 Å². The zero-order valence-corrected chi connectivity index (χ0v) is 8.91. The van der Waals surface area contributed by atoms with Crippen molar-refractivity contribution in [3.63, 3.8) is 0 Å². The lowest BCUT2D eigenvalue weighted by atomic mass is 10.2. The lowest BCUT2D eigenvalue weighted by molar-refractivity contribution is 0.100. The molecule has 1 aromatic carbocycles. The molecule has 4 heteroatoms. The minimum atomic E-state index is -0.488. The van der Waals surface area contributed by atoms with E-state index in [2.05, 4.69) is 0 Å². The van der Waals surface area contributed by atoms with Gasteiger partial charge in [-0.05, 0) is 22.9 Å². The normalized spacial score (nSPS) is 8.80. The first-order chi connectivity index (χ1) is 7.22. The van der Waals surface area contributed by atoms with E-state index in [0.717, 1.165) is 0 Å². The van der Waals surface area contributed by atoms with Crippen molar-refractivity contribution >= 4 is 22.9 Å². The van der Waals surface area contributed by atoms with Crippen LogP contribution in [0.1, 0.15) is 10.4 Å². The topological polar surface area (TPSA) is 69.1 Å². The zero-order valence-electron chi connectivity index (χ0n) is 8.09. The Morgan fingerprint density at radius 1 is 1.07 bits per heavy atom. The maximum absolute atomic E-state index is 10.6. The predicted octanol–water partition coefficient (Wildman–Crippen LogP) is 2.12. The van der Waals surface area contributed by atoms with E-state index in [1.165, 1.54) is 0 Å². The molecule has 4 N–H and O–H groups in total. The Morgan fingerprint density at radius 2 is 1.67 bits per heavy atom. The molecule has 0 unspecified atom stereocenters. The van der Waals surface area contributed by atoms with E-state index in [1.807, 2.05) is 22.9 Å². The average Bonchev–Trinajstić information content (AvgIpc) is 2.75. The lowest BCUT2D eigenvalue weighted by Gasteiger charge is -1.97. The average molecular weight is 220 g/mol. The summed E-state index contributed by atoms with van der Waals surface area (Å²) in [5.41, 5.74) is 11.2. The highest BCUT2D eigenvalue weighted by molar-refractivity contribution is 7.07. The van der Waals surface area contributed by atoms with Crippen molar-refractivity contribution in [1.82, 2.24) is 0 Å². The fraction of sp³-hybridized carbons (Fsp3) is 0. The number of primary amides is 1. The predicted molar refractivity (Wildman–Crippen MR) is 63.7 cm³/mol. The summed E-state index contributed by atoms with van der Waals surface area (Å²) < 4.78 is 0. The van der Waals surface area contributed by atoms with Crippen molar-refractivity contribution in [2.45, 2.75) is 0 Å². The zero-order chi connectivity index (χ0) is 11.1. The maximum atomic E-state index is 10.6. The molecule has 0 aliphatic heterocycles. The molecule has 3 nitrogen and oxygen atoms in total. The van der Waals surface area contributed by atoms with Crippen molar-refractivity contribution in [2.75, 3.05) is 5.73 Å². The molecule has 1 heterocycles. The van der Waals surface area contributed by atoms with Gasteiger partial charge in [-0.15, -0.1) is 0 Å². The van der Waals surface area contributed by atoms with Crippen LogP contribution in [0.15, 0.2) is 47.2 Å². The van der Waals surface area contributed by atoms with Crippen LogP contribution in [-0.2, 0) is 0 Å². The van der Waals surface area contributed by atoms with Gasteiger partial charge in [-0.1, -0.05) is 24.3 Å². The molecule has 1 aromatic heterocycles. The van der Waals surface area contributed by atoms with Gasteiger partial charge in [0.25, 0.3) is 5.91 Å². The molecule has 0 fully saturated rings. The van der Waals surface area contributed by atoms with Gasteiger partial charge in [0.1, 0.15) is 0 Å². The van der Waals surface area contributed by atoms with Gasteiger partial charge >= 0.3 is 0 Å². The van der Waals surface area contributed by atoms with E-state index in [-0.39, 0.29) is 0 Å². The van der Waals surface area contributed by atoms with Crippen LogP contribution in [0.2, 0.25) is 0 Å². The van der Waals surface area contributed by atoms with Gasteiger partial charge in [-0.3, -0.25) is 4.79 Å². The van der Waals surface area contributed by atoms with E-state index in [1.54, 1.807) is 35.6 Å². The maximum Gasteiger partial charge on any atom is 0.250 e. The van der Waals surface area contributed by atoms with Crippen LogP contribution >= 0.6 is 11.3 Å². The van der Waals surface area contributed by atoms with Crippen molar-refractivity contribution in [2.24, 2.45) is 5.73 Å². The number of benzene rings is 1. The molecule has 78 valence electrons. The number of carbonyl (C=O) groups is 1. The van der Waals surface area contributed by atoms with Crippen LogP contribution in [0.3, 0.4) is 0 Å². The van der Waals surface area contributed by atoms with E-state index in [4.69, 9.17) is 11.5 Å². The minimum absolute atomic E-state index is 0.377. The number of nitrogens with two attached hydrogens (primary N) is 2. The second kappa shape index (κ2) is 5.82. The summed E-state index contributed by atoms with van der Waals surface area (Å²) in [6, 6.07) is 10.7. The first-order valence-electron chi connectivity index (χ1n) is 4.33. The van der Waals surface area contributed by atoms with Gasteiger partial charge < -0.3 is 11.5 Å². The highest BCUT2D eigenvalue weighted by Gasteiger charge is 2.01. The summed E-state index contributed by atoms with van der Waals surface area (Å²) in [6.07, 6.45) is 0. The van der Waals surface area contributed by atoms with Crippen molar-refractivity contribution in [1.29, 1.82) is 0 Å². The number of amides is 1. The standard InChI is InChI=1S/C7H8N2O.C4H4S/c8-6-4-2-1-3-5(6)7(9)10;1-2-4-5-3-1/h1-4H,8H2,(H2,9,10);1-4H. The minimum Gasteiger partial charge on any atom is -0.398 e. The molecule has 0 atom stereocenters. The van der Waals surface area contributed by atoms with Crippen LogP contribution in [0.4, 0.5) is 5.69 Å². The molecule has 0 saturated carbocycles. The fourth-order valence-electron chi connectivity index (χ4n) is 0.948. The Balaban J connectivity index is 0.000000187. The molecule has 0 aliphatic rings. The lowest BCUT2D eigenvalue weighted by Crippen LogP contribution is -2.12. The first-order valence-corrected chi connectivity index (χ1v) is 5.27. The van der Waals surface area contributed by atoms with Crippen LogP contribution in [-0.4, -0.2) is 5.91 Å². The molecule has 0 radical (unpaired) electrons. The first kappa shape index (κ1) is 11.3. The van der Waals surface area contributed by atoms with Gasteiger partial charge in [-0.25, -0.2) is 0 Å². The van der Waals surface area contributed by atoms with Crippen LogP contribution in [0, 0.1) is 0 Å². The largest absolute Gasteiger partial charge is 0.398 e. The van der Waals surface area contributed by atoms with Gasteiger partial charge in [0, 0.05) is 5.69 Å². The third-order valence-electron chi connectivity index (χ3n) is 1.65. The Bertz CT molecular complexity index is 395. The number of carbonyl (C=O) groups excluding carboxylic acids is 1.